The predicted molar refractivity (Wildman–Crippen MR) is 62.6 cm³/mol. The van der Waals surface area contributed by atoms with Crippen LogP contribution in [-0.2, 0) is 4.79 Å². The Hall–Kier alpha value is -0.950. The van der Waals surface area contributed by atoms with Gasteiger partial charge in [0, 0.05) is 11.3 Å². The van der Waals surface area contributed by atoms with Gasteiger partial charge in [0.25, 0.3) is 0 Å². The van der Waals surface area contributed by atoms with Crippen molar-refractivity contribution in [1.29, 1.82) is 0 Å². The monoisotopic (exact) mass is 250 g/mol. The van der Waals surface area contributed by atoms with Crippen molar-refractivity contribution in [3.8, 4) is 0 Å². The Morgan fingerprint density at radius 2 is 2.00 bits per heavy atom. The van der Waals surface area contributed by atoms with Crippen molar-refractivity contribution in [1.82, 2.24) is 10.6 Å². The first-order valence-corrected chi connectivity index (χ1v) is 5.98. The molecule has 0 heterocycles. The lowest BCUT2D eigenvalue weighted by Gasteiger charge is -2.22. The summed E-state index contributed by atoms with van der Waals surface area (Å²) in [6, 6.07) is -1.86. The number of thioether (sulfide) groups is 1. The standard InChI is InChI=1S/C9H18N2O4S/c1-9(2,16-3)5-10-8(15)11-6(4-12)7(13)14/h6,12H,4-5H2,1-3H3,(H,13,14)(H2,10,11,15)/t6-/m0/s1. The van der Waals surface area contributed by atoms with Crippen LogP contribution in [0.2, 0.25) is 0 Å². The summed E-state index contributed by atoms with van der Waals surface area (Å²) in [5.74, 6) is -1.26. The van der Waals surface area contributed by atoms with Crippen molar-refractivity contribution in [3.63, 3.8) is 0 Å². The SMILES string of the molecule is CSC(C)(C)CNC(=O)N[C@@H](CO)C(=O)O. The van der Waals surface area contributed by atoms with Gasteiger partial charge in [-0.2, -0.15) is 11.8 Å². The third kappa shape index (κ3) is 5.82. The molecule has 6 nitrogen and oxygen atoms in total. The van der Waals surface area contributed by atoms with E-state index >= 15 is 0 Å². The van der Waals surface area contributed by atoms with Gasteiger partial charge in [0.15, 0.2) is 6.04 Å². The Kier molecular flexibility index (Phi) is 6.20. The minimum absolute atomic E-state index is 0.116. The summed E-state index contributed by atoms with van der Waals surface area (Å²) in [4.78, 5) is 21.8. The lowest BCUT2D eigenvalue weighted by atomic mass is 10.2. The molecule has 0 rings (SSSR count). The second-order valence-corrected chi connectivity index (χ2v) is 5.38. The molecule has 0 bridgehead atoms. The van der Waals surface area contributed by atoms with Crippen LogP contribution >= 0.6 is 11.8 Å². The molecular weight excluding hydrogens is 232 g/mol. The van der Waals surface area contributed by atoms with E-state index in [1.807, 2.05) is 20.1 Å². The van der Waals surface area contributed by atoms with Gasteiger partial charge in [0.1, 0.15) is 0 Å². The smallest absolute Gasteiger partial charge is 0.328 e. The summed E-state index contributed by atoms with van der Waals surface area (Å²) in [5, 5.41) is 22.0. The van der Waals surface area contributed by atoms with Crippen molar-refractivity contribution in [2.75, 3.05) is 19.4 Å². The van der Waals surface area contributed by atoms with E-state index in [0.717, 1.165) is 0 Å². The Bertz CT molecular complexity index is 258. The van der Waals surface area contributed by atoms with Crippen LogP contribution < -0.4 is 10.6 Å². The van der Waals surface area contributed by atoms with E-state index in [2.05, 4.69) is 10.6 Å². The lowest BCUT2D eigenvalue weighted by molar-refractivity contribution is -0.140. The molecule has 0 unspecified atom stereocenters. The third-order valence-electron chi connectivity index (χ3n) is 2.01. The zero-order valence-electron chi connectivity index (χ0n) is 9.61. The van der Waals surface area contributed by atoms with Crippen molar-refractivity contribution in [2.45, 2.75) is 24.6 Å². The quantitative estimate of drug-likeness (QED) is 0.526. The number of hydrogen-bond donors (Lipinski definition) is 4. The maximum Gasteiger partial charge on any atom is 0.328 e. The number of amides is 2. The van der Waals surface area contributed by atoms with Crippen LogP contribution in [0.5, 0.6) is 0 Å². The van der Waals surface area contributed by atoms with Crippen molar-refractivity contribution < 1.29 is 19.8 Å². The van der Waals surface area contributed by atoms with Crippen molar-refractivity contribution in [2.24, 2.45) is 0 Å². The van der Waals surface area contributed by atoms with Crippen LogP contribution in [0.3, 0.4) is 0 Å². The Morgan fingerprint density at radius 3 is 2.38 bits per heavy atom. The number of carbonyl (C=O) groups is 2. The van der Waals surface area contributed by atoms with E-state index in [1.165, 1.54) is 0 Å². The second kappa shape index (κ2) is 6.59. The van der Waals surface area contributed by atoms with Crippen LogP contribution in [0, 0.1) is 0 Å². The summed E-state index contributed by atoms with van der Waals surface area (Å²) >= 11 is 1.59. The number of aliphatic hydroxyl groups excluding tert-OH is 1. The van der Waals surface area contributed by atoms with Gasteiger partial charge in [-0.3, -0.25) is 0 Å². The highest BCUT2D eigenvalue weighted by Crippen LogP contribution is 2.19. The topological polar surface area (TPSA) is 98.7 Å². The van der Waals surface area contributed by atoms with E-state index < -0.39 is 24.6 Å². The third-order valence-corrected chi connectivity index (χ3v) is 3.26. The molecule has 4 N–H and O–H groups in total. The molecule has 0 aromatic carbocycles. The van der Waals surface area contributed by atoms with Gasteiger partial charge >= 0.3 is 12.0 Å². The highest BCUT2D eigenvalue weighted by atomic mass is 32.2. The van der Waals surface area contributed by atoms with Crippen LogP contribution in [0.4, 0.5) is 4.79 Å². The molecule has 0 aromatic rings. The summed E-state index contributed by atoms with van der Waals surface area (Å²) in [7, 11) is 0. The fourth-order valence-corrected chi connectivity index (χ4v) is 0.977. The lowest BCUT2D eigenvalue weighted by Crippen LogP contribution is -2.50. The number of aliphatic carboxylic acids is 1. The number of nitrogens with one attached hydrogen (secondary N) is 2. The maximum absolute atomic E-state index is 11.3. The molecule has 0 aromatic heterocycles. The summed E-state index contributed by atoms with van der Waals surface area (Å²) in [6.45, 7) is 3.70. The molecule has 94 valence electrons. The Balaban J connectivity index is 4.04. The molecule has 0 aliphatic rings. The fraction of sp³-hybridized carbons (Fsp3) is 0.778. The van der Waals surface area contributed by atoms with Crippen molar-refractivity contribution >= 4 is 23.8 Å². The van der Waals surface area contributed by atoms with Crippen LogP contribution in [-0.4, -0.2) is 52.4 Å². The number of hydrogen-bond acceptors (Lipinski definition) is 4. The molecule has 0 aliphatic heterocycles. The first kappa shape index (κ1) is 15.0. The molecular formula is C9H18N2O4S. The van der Waals surface area contributed by atoms with E-state index in [1.54, 1.807) is 11.8 Å². The zero-order chi connectivity index (χ0) is 12.8. The second-order valence-electron chi connectivity index (χ2n) is 3.86. The first-order valence-electron chi connectivity index (χ1n) is 4.75. The predicted octanol–water partition coefficient (Wildman–Crippen LogP) is -0.127. The number of carboxylic acids is 1. The molecule has 7 heteroatoms. The van der Waals surface area contributed by atoms with Crippen molar-refractivity contribution in [3.05, 3.63) is 0 Å². The fourth-order valence-electron chi connectivity index (χ4n) is 0.760. The van der Waals surface area contributed by atoms with Gasteiger partial charge in [-0.1, -0.05) is 0 Å². The number of urea groups is 1. The number of carbonyl (C=O) groups excluding carboxylic acids is 1. The molecule has 1 atom stereocenters. The van der Waals surface area contributed by atoms with Gasteiger partial charge in [-0.05, 0) is 20.1 Å². The van der Waals surface area contributed by atoms with Crippen LogP contribution in [0.25, 0.3) is 0 Å². The van der Waals surface area contributed by atoms with E-state index in [-0.39, 0.29) is 4.75 Å². The summed E-state index contributed by atoms with van der Waals surface area (Å²) in [5.41, 5.74) is 0. The molecule has 0 spiro atoms. The summed E-state index contributed by atoms with van der Waals surface area (Å²) < 4.78 is -0.116. The molecule has 0 aliphatic carbocycles. The van der Waals surface area contributed by atoms with Crippen LogP contribution in [0.15, 0.2) is 0 Å². The molecule has 0 saturated carbocycles. The van der Waals surface area contributed by atoms with Gasteiger partial charge < -0.3 is 20.8 Å². The van der Waals surface area contributed by atoms with Gasteiger partial charge in [0.2, 0.25) is 0 Å². The van der Waals surface area contributed by atoms with E-state index in [4.69, 9.17) is 10.2 Å². The molecule has 16 heavy (non-hydrogen) atoms. The molecule has 0 fully saturated rings. The summed E-state index contributed by atoms with van der Waals surface area (Å²) in [6.07, 6.45) is 1.92. The average molecular weight is 250 g/mol. The largest absolute Gasteiger partial charge is 0.480 e. The number of aliphatic hydroxyl groups is 1. The highest BCUT2D eigenvalue weighted by molar-refractivity contribution is 7.99. The highest BCUT2D eigenvalue weighted by Gasteiger charge is 2.21. The average Bonchev–Trinajstić information content (AvgIpc) is 2.22. The van der Waals surface area contributed by atoms with E-state index in [0.29, 0.717) is 6.54 Å². The Labute approximate surface area is 98.8 Å². The molecule has 0 radical (unpaired) electrons. The minimum atomic E-state index is -1.27. The zero-order valence-corrected chi connectivity index (χ0v) is 10.4. The number of rotatable bonds is 6. The number of carboxylic acid groups (broad SMARTS) is 1. The van der Waals surface area contributed by atoms with E-state index in [9.17, 15) is 9.59 Å². The first-order chi connectivity index (χ1) is 7.32. The molecule has 2 amide bonds. The maximum atomic E-state index is 11.3. The van der Waals surface area contributed by atoms with Gasteiger partial charge in [-0.15, -0.1) is 0 Å². The van der Waals surface area contributed by atoms with Gasteiger partial charge in [0.05, 0.1) is 6.61 Å². The molecule has 0 saturated heterocycles. The normalized spacial score (nSPS) is 13.0. The van der Waals surface area contributed by atoms with Gasteiger partial charge in [-0.25, -0.2) is 9.59 Å². The van der Waals surface area contributed by atoms with Crippen LogP contribution in [0.1, 0.15) is 13.8 Å². The Morgan fingerprint density at radius 1 is 1.44 bits per heavy atom. The minimum Gasteiger partial charge on any atom is -0.480 e.